The standard InChI is InChI=1S/C27H18N2O5S/c1-17-10-13-19(14-11-17)35(32,33)29-23-16-25(27(31)22-9-5-4-8-21(22)23)34-28-26-20-7-3-2-6-18(20)12-15-24(26)30/h2-16H,1H3/b28-26+,29-23?. The first-order chi connectivity index (χ1) is 16.8. The number of hydrogen-bond acceptors (Lipinski definition) is 6. The lowest BCUT2D eigenvalue weighted by Gasteiger charge is -2.16. The lowest BCUT2D eigenvalue weighted by atomic mass is 9.93. The van der Waals surface area contributed by atoms with Crippen LogP contribution < -0.4 is 0 Å². The van der Waals surface area contributed by atoms with Crippen molar-refractivity contribution in [1.29, 1.82) is 0 Å². The van der Waals surface area contributed by atoms with E-state index >= 15 is 0 Å². The summed E-state index contributed by atoms with van der Waals surface area (Å²) in [5.74, 6) is -1.11. The fourth-order valence-corrected chi connectivity index (χ4v) is 4.76. The molecule has 172 valence electrons. The highest BCUT2D eigenvalue weighted by Gasteiger charge is 2.28. The zero-order valence-electron chi connectivity index (χ0n) is 18.5. The van der Waals surface area contributed by atoms with E-state index in [1.165, 1.54) is 24.3 Å². The molecule has 0 aliphatic heterocycles. The number of sulfonamides is 1. The fraction of sp³-hybridized carbons (Fsp3) is 0.0370. The maximum Gasteiger partial charge on any atom is 0.282 e. The zero-order valence-corrected chi connectivity index (χ0v) is 19.3. The number of hydrogen-bond donors (Lipinski definition) is 0. The van der Waals surface area contributed by atoms with Gasteiger partial charge in [0.1, 0.15) is 0 Å². The Bertz CT molecular complexity index is 1610. The van der Waals surface area contributed by atoms with Crippen LogP contribution in [0.4, 0.5) is 0 Å². The van der Waals surface area contributed by atoms with E-state index in [-0.39, 0.29) is 33.4 Å². The molecule has 0 N–H and O–H groups in total. The molecule has 0 aromatic heterocycles. The number of ketones is 2. The molecule has 0 radical (unpaired) electrons. The van der Waals surface area contributed by atoms with E-state index in [9.17, 15) is 18.0 Å². The van der Waals surface area contributed by atoms with E-state index in [0.717, 1.165) is 11.1 Å². The van der Waals surface area contributed by atoms with Crippen LogP contribution in [0.3, 0.4) is 0 Å². The molecule has 5 rings (SSSR count). The summed E-state index contributed by atoms with van der Waals surface area (Å²) in [6, 6.07) is 20.0. The van der Waals surface area contributed by atoms with Crippen molar-refractivity contribution in [3.8, 4) is 0 Å². The number of benzene rings is 3. The third kappa shape index (κ3) is 4.27. The van der Waals surface area contributed by atoms with Gasteiger partial charge in [-0.15, -0.1) is 0 Å². The number of allylic oxidation sites excluding steroid dienone is 3. The summed E-state index contributed by atoms with van der Waals surface area (Å²) in [6.45, 7) is 1.85. The molecule has 35 heavy (non-hydrogen) atoms. The summed E-state index contributed by atoms with van der Waals surface area (Å²) >= 11 is 0. The number of oxime groups is 1. The van der Waals surface area contributed by atoms with Gasteiger partial charge in [-0.25, -0.2) is 0 Å². The highest BCUT2D eigenvalue weighted by Crippen LogP contribution is 2.26. The van der Waals surface area contributed by atoms with Crippen LogP contribution >= 0.6 is 0 Å². The number of nitrogens with zero attached hydrogens (tertiary/aromatic N) is 2. The van der Waals surface area contributed by atoms with Crippen molar-refractivity contribution < 1.29 is 22.8 Å². The van der Waals surface area contributed by atoms with Crippen LogP contribution in [0.15, 0.2) is 105 Å². The van der Waals surface area contributed by atoms with Crippen molar-refractivity contribution in [1.82, 2.24) is 0 Å². The smallest absolute Gasteiger partial charge is 0.282 e. The van der Waals surface area contributed by atoms with Gasteiger partial charge in [0.15, 0.2) is 5.71 Å². The van der Waals surface area contributed by atoms with Crippen LogP contribution in [0.25, 0.3) is 6.08 Å². The number of carbonyl (C=O) groups is 2. The van der Waals surface area contributed by atoms with Crippen molar-refractivity contribution in [3.63, 3.8) is 0 Å². The molecule has 3 aromatic rings. The van der Waals surface area contributed by atoms with Gasteiger partial charge in [-0.3, -0.25) is 9.59 Å². The topological polar surface area (TPSA) is 102 Å². The molecule has 0 bridgehead atoms. The third-order valence-corrected chi connectivity index (χ3v) is 6.88. The minimum atomic E-state index is -4.07. The van der Waals surface area contributed by atoms with Crippen molar-refractivity contribution in [3.05, 3.63) is 119 Å². The minimum absolute atomic E-state index is 0.0253. The van der Waals surface area contributed by atoms with E-state index in [2.05, 4.69) is 9.55 Å². The fourth-order valence-electron chi connectivity index (χ4n) is 3.76. The van der Waals surface area contributed by atoms with Crippen LogP contribution in [-0.4, -0.2) is 31.4 Å². The monoisotopic (exact) mass is 482 g/mol. The normalized spacial score (nSPS) is 17.2. The molecule has 0 unspecified atom stereocenters. The highest BCUT2D eigenvalue weighted by atomic mass is 32.2. The first-order valence-corrected chi connectivity index (χ1v) is 12.1. The predicted octanol–water partition coefficient (Wildman–Crippen LogP) is 4.27. The Labute approximate surface area is 201 Å². The van der Waals surface area contributed by atoms with Gasteiger partial charge in [-0.2, -0.15) is 12.8 Å². The molecule has 3 aromatic carbocycles. The van der Waals surface area contributed by atoms with Crippen molar-refractivity contribution in [2.45, 2.75) is 11.8 Å². The zero-order chi connectivity index (χ0) is 24.6. The summed E-state index contributed by atoms with van der Waals surface area (Å²) in [5.41, 5.74) is 2.92. The summed E-state index contributed by atoms with van der Waals surface area (Å²) in [4.78, 5) is 31.0. The first kappa shape index (κ1) is 22.4. The van der Waals surface area contributed by atoms with Crippen LogP contribution in [0.5, 0.6) is 0 Å². The Morgan fingerprint density at radius 1 is 0.771 bits per heavy atom. The SMILES string of the molecule is Cc1ccc(S(=O)(=O)N=C2C=C(O/N=C3/C(=O)C=Cc4ccccc43)C(=O)c3ccccc32)cc1. The van der Waals surface area contributed by atoms with Crippen molar-refractivity contribution >= 4 is 39.1 Å². The second-order valence-electron chi connectivity index (χ2n) is 7.96. The van der Waals surface area contributed by atoms with Crippen LogP contribution in [0, 0.1) is 6.92 Å². The lowest BCUT2D eigenvalue weighted by Crippen LogP contribution is -2.21. The van der Waals surface area contributed by atoms with E-state index in [0.29, 0.717) is 11.1 Å². The van der Waals surface area contributed by atoms with E-state index in [4.69, 9.17) is 4.84 Å². The molecule has 0 atom stereocenters. The predicted molar refractivity (Wildman–Crippen MR) is 132 cm³/mol. The molecule has 2 aliphatic carbocycles. The highest BCUT2D eigenvalue weighted by molar-refractivity contribution is 7.90. The Morgan fingerprint density at radius 3 is 2.17 bits per heavy atom. The number of rotatable bonds is 4. The van der Waals surface area contributed by atoms with E-state index in [1.54, 1.807) is 54.6 Å². The molecule has 2 aliphatic rings. The van der Waals surface area contributed by atoms with Gasteiger partial charge in [-0.1, -0.05) is 77.5 Å². The maximum absolute atomic E-state index is 13.1. The number of Topliss-reactive ketones (excluding diaryl/α,β-unsaturated/α-hetero) is 1. The van der Waals surface area contributed by atoms with E-state index in [1.807, 2.05) is 19.1 Å². The van der Waals surface area contributed by atoms with Gasteiger partial charge in [0.2, 0.25) is 17.3 Å². The lowest BCUT2D eigenvalue weighted by molar-refractivity contribution is -0.109. The molecule has 7 nitrogen and oxygen atoms in total. The molecule has 0 saturated heterocycles. The quantitative estimate of drug-likeness (QED) is 0.517. The van der Waals surface area contributed by atoms with Crippen molar-refractivity contribution in [2.24, 2.45) is 9.55 Å². The second-order valence-corrected chi connectivity index (χ2v) is 9.57. The summed E-state index contributed by atoms with van der Waals surface area (Å²) in [5, 5.41) is 3.97. The molecule has 0 spiro atoms. The number of aryl methyl sites for hydroxylation is 1. The summed E-state index contributed by atoms with van der Waals surface area (Å²) in [6.07, 6.45) is 4.28. The molecule has 0 heterocycles. The molecular weight excluding hydrogens is 464 g/mol. The summed E-state index contributed by atoms with van der Waals surface area (Å²) < 4.78 is 29.9. The average molecular weight is 483 g/mol. The minimum Gasteiger partial charge on any atom is -0.352 e. The molecule has 8 heteroatoms. The molecular formula is C27H18N2O5S. The first-order valence-electron chi connectivity index (χ1n) is 10.7. The molecule has 0 fully saturated rings. The Balaban J connectivity index is 1.57. The Morgan fingerprint density at radius 2 is 1.43 bits per heavy atom. The third-order valence-electron chi connectivity index (χ3n) is 5.58. The largest absolute Gasteiger partial charge is 0.352 e. The Hall–Kier alpha value is -4.43. The number of carbonyl (C=O) groups excluding carboxylic acids is 2. The van der Waals surface area contributed by atoms with Crippen molar-refractivity contribution in [2.75, 3.05) is 0 Å². The van der Waals surface area contributed by atoms with Crippen LogP contribution in [0.1, 0.15) is 32.6 Å². The maximum atomic E-state index is 13.1. The van der Waals surface area contributed by atoms with Crippen LogP contribution in [-0.2, 0) is 19.7 Å². The average Bonchev–Trinajstić information content (AvgIpc) is 2.86. The van der Waals surface area contributed by atoms with Gasteiger partial charge in [0, 0.05) is 22.8 Å². The van der Waals surface area contributed by atoms with Gasteiger partial charge in [-0.05, 0) is 30.7 Å². The second kappa shape index (κ2) is 8.73. The van der Waals surface area contributed by atoms with Gasteiger partial charge in [0.25, 0.3) is 10.0 Å². The van der Waals surface area contributed by atoms with Gasteiger partial charge in [0.05, 0.1) is 10.6 Å². The molecule has 0 saturated carbocycles. The van der Waals surface area contributed by atoms with E-state index < -0.39 is 15.8 Å². The molecule has 0 amide bonds. The number of fused-ring (bicyclic) bond motifs is 2. The van der Waals surface area contributed by atoms with Gasteiger partial charge < -0.3 is 4.84 Å². The van der Waals surface area contributed by atoms with Crippen LogP contribution in [0.2, 0.25) is 0 Å². The summed E-state index contributed by atoms with van der Waals surface area (Å²) in [7, 11) is -4.07. The Kier molecular flexibility index (Phi) is 5.58. The van der Waals surface area contributed by atoms with Gasteiger partial charge >= 0.3 is 0 Å².